The van der Waals surface area contributed by atoms with E-state index < -0.39 is 11.8 Å². The van der Waals surface area contributed by atoms with Crippen LogP contribution in [0.15, 0.2) is 0 Å². The summed E-state index contributed by atoms with van der Waals surface area (Å²) in [5, 5.41) is 2.49. The van der Waals surface area contributed by atoms with Gasteiger partial charge in [-0.1, -0.05) is 0 Å². The lowest BCUT2D eigenvalue weighted by molar-refractivity contribution is -0.132. The third kappa shape index (κ3) is 2.48. The number of rotatable bonds is 3. The highest BCUT2D eigenvalue weighted by molar-refractivity contribution is 5.99. The van der Waals surface area contributed by atoms with Crippen molar-refractivity contribution in [1.82, 2.24) is 5.32 Å². The van der Waals surface area contributed by atoms with E-state index in [0.29, 0.717) is 6.54 Å². The van der Waals surface area contributed by atoms with E-state index in [0.717, 1.165) is 0 Å². The van der Waals surface area contributed by atoms with Crippen LogP contribution in [0.1, 0.15) is 13.8 Å². The number of carbonyl (C=O) groups is 2. The summed E-state index contributed by atoms with van der Waals surface area (Å²) < 4.78 is 0. The van der Waals surface area contributed by atoms with Gasteiger partial charge in [0.15, 0.2) is 0 Å². The first-order valence-corrected chi connectivity index (χ1v) is 3.16. The molecular weight excluding hydrogens is 132 g/mol. The molecule has 0 aliphatic rings. The van der Waals surface area contributed by atoms with Gasteiger partial charge in [0.1, 0.15) is 5.92 Å². The highest BCUT2D eigenvalue weighted by Crippen LogP contribution is 1.90. The first kappa shape index (κ1) is 8.94. The van der Waals surface area contributed by atoms with Crippen molar-refractivity contribution in [2.45, 2.75) is 13.8 Å². The van der Waals surface area contributed by atoms with Crippen LogP contribution in [-0.4, -0.2) is 18.4 Å². The first-order chi connectivity index (χ1) is 4.59. The van der Waals surface area contributed by atoms with Crippen molar-refractivity contribution in [2.24, 2.45) is 11.7 Å². The van der Waals surface area contributed by atoms with Gasteiger partial charge >= 0.3 is 0 Å². The van der Waals surface area contributed by atoms with Crippen LogP contribution in [0.4, 0.5) is 0 Å². The summed E-state index contributed by atoms with van der Waals surface area (Å²) >= 11 is 0. The van der Waals surface area contributed by atoms with E-state index in [9.17, 15) is 9.59 Å². The number of nitrogens with one attached hydrogen (secondary N) is 1. The van der Waals surface area contributed by atoms with E-state index in [1.807, 2.05) is 0 Å². The molecule has 0 fully saturated rings. The Hall–Kier alpha value is -1.06. The predicted molar refractivity (Wildman–Crippen MR) is 37.0 cm³/mol. The zero-order valence-electron chi connectivity index (χ0n) is 6.18. The molecule has 0 aliphatic heterocycles. The summed E-state index contributed by atoms with van der Waals surface area (Å²) in [7, 11) is 0. The molecule has 0 bridgehead atoms. The van der Waals surface area contributed by atoms with E-state index in [4.69, 9.17) is 5.73 Å². The maximum absolute atomic E-state index is 10.8. The standard InChI is InChI=1S/C6H12N2O2/c1-3-8-6(10)4(2)5(7)9/h4H,3H2,1-2H3,(H2,7,9)(H,8,10). The lowest BCUT2D eigenvalue weighted by Gasteiger charge is -2.05. The minimum Gasteiger partial charge on any atom is -0.369 e. The largest absolute Gasteiger partial charge is 0.369 e. The smallest absolute Gasteiger partial charge is 0.232 e. The molecular formula is C6H12N2O2. The lowest BCUT2D eigenvalue weighted by Crippen LogP contribution is -2.36. The Bertz CT molecular complexity index is 145. The van der Waals surface area contributed by atoms with Crippen LogP contribution in [0.25, 0.3) is 0 Å². The normalized spacial score (nSPS) is 12.2. The fraction of sp³-hybridized carbons (Fsp3) is 0.667. The molecule has 0 saturated heterocycles. The molecule has 0 aromatic carbocycles. The summed E-state index contributed by atoms with van der Waals surface area (Å²) in [6.07, 6.45) is 0. The molecule has 3 N–H and O–H groups in total. The lowest BCUT2D eigenvalue weighted by atomic mass is 10.1. The van der Waals surface area contributed by atoms with Gasteiger partial charge in [-0.25, -0.2) is 0 Å². The van der Waals surface area contributed by atoms with Crippen molar-refractivity contribution < 1.29 is 9.59 Å². The summed E-state index contributed by atoms with van der Waals surface area (Å²) in [6.45, 7) is 3.79. The Kier molecular flexibility index (Phi) is 3.46. The van der Waals surface area contributed by atoms with Gasteiger partial charge in [-0.3, -0.25) is 9.59 Å². The fourth-order valence-corrected chi connectivity index (χ4v) is 0.457. The third-order valence-electron chi connectivity index (χ3n) is 1.17. The second-order valence-corrected chi connectivity index (χ2v) is 2.02. The average Bonchev–Trinajstić information content (AvgIpc) is 1.87. The van der Waals surface area contributed by atoms with E-state index >= 15 is 0 Å². The van der Waals surface area contributed by atoms with Gasteiger partial charge in [-0.15, -0.1) is 0 Å². The Morgan fingerprint density at radius 3 is 2.40 bits per heavy atom. The second kappa shape index (κ2) is 3.87. The predicted octanol–water partition coefficient (Wildman–Crippen LogP) is -0.756. The molecule has 4 heteroatoms. The average molecular weight is 144 g/mol. The van der Waals surface area contributed by atoms with Gasteiger partial charge < -0.3 is 11.1 Å². The van der Waals surface area contributed by atoms with E-state index in [1.165, 1.54) is 6.92 Å². The van der Waals surface area contributed by atoms with Crippen LogP contribution in [-0.2, 0) is 9.59 Å². The van der Waals surface area contributed by atoms with Crippen LogP contribution in [0.3, 0.4) is 0 Å². The zero-order valence-corrected chi connectivity index (χ0v) is 6.18. The minimum absolute atomic E-state index is 0.310. The van der Waals surface area contributed by atoms with Crippen LogP contribution in [0.5, 0.6) is 0 Å². The van der Waals surface area contributed by atoms with Crippen molar-refractivity contribution >= 4 is 11.8 Å². The molecule has 2 amide bonds. The molecule has 58 valence electrons. The molecule has 0 radical (unpaired) electrons. The number of hydrogen-bond donors (Lipinski definition) is 2. The fourth-order valence-electron chi connectivity index (χ4n) is 0.457. The van der Waals surface area contributed by atoms with Crippen molar-refractivity contribution in [3.05, 3.63) is 0 Å². The molecule has 0 saturated carbocycles. The molecule has 0 rings (SSSR count). The molecule has 1 unspecified atom stereocenters. The Morgan fingerprint density at radius 2 is 2.10 bits per heavy atom. The molecule has 1 atom stereocenters. The molecule has 0 aliphatic carbocycles. The van der Waals surface area contributed by atoms with Crippen molar-refractivity contribution in [3.63, 3.8) is 0 Å². The van der Waals surface area contributed by atoms with E-state index in [2.05, 4.69) is 5.32 Å². The maximum atomic E-state index is 10.8. The van der Waals surface area contributed by atoms with Gasteiger partial charge in [0.05, 0.1) is 0 Å². The molecule has 0 aromatic heterocycles. The topological polar surface area (TPSA) is 72.2 Å². The van der Waals surface area contributed by atoms with E-state index in [-0.39, 0.29) is 5.91 Å². The first-order valence-electron chi connectivity index (χ1n) is 3.16. The monoisotopic (exact) mass is 144 g/mol. The third-order valence-corrected chi connectivity index (χ3v) is 1.17. The number of carbonyl (C=O) groups excluding carboxylic acids is 2. The highest BCUT2D eigenvalue weighted by atomic mass is 16.2. The van der Waals surface area contributed by atoms with Crippen molar-refractivity contribution in [2.75, 3.05) is 6.54 Å². The number of hydrogen-bond acceptors (Lipinski definition) is 2. The summed E-state index contributed by atoms with van der Waals surface area (Å²) in [5.41, 5.74) is 4.87. The summed E-state index contributed by atoms with van der Waals surface area (Å²) in [4.78, 5) is 21.1. The van der Waals surface area contributed by atoms with Crippen LogP contribution in [0, 0.1) is 5.92 Å². The van der Waals surface area contributed by atoms with Crippen molar-refractivity contribution in [3.8, 4) is 0 Å². The van der Waals surface area contributed by atoms with Gasteiger partial charge in [-0.05, 0) is 13.8 Å². The quantitative estimate of drug-likeness (QED) is 0.511. The summed E-state index contributed by atoms with van der Waals surface area (Å²) in [5.74, 6) is -1.62. The Balaban J connectivity index is 3.82. The summed E-state index contributed by atoms with van der Waals surface area (Å²) in [6, 6.07) is 0. The van der Waals surface area contributed by atoms with Crippen LogP contribution >= 0.6 is 0 Å². The van der Waals surface area contributed by atoms with E-state index in [1.54, 1.807) is 6.92 Å². The van der Waals surface area contributed by atoms with Crippen molar-refractivity contribution in [1.29, 1.82) is 0 Å². The number of primary amides is 1. The van der Waals surface area contributed by atoms with Gasteiger partial charge in [0.2, 0.25) is 11.8 Å². The molecule has 0 spiro atoms. The SMILES string of the molecule is CCNC(=O)C(C)C(N)=O. The molecule has 0 aromatic rings. The zero-order chi connectivity index (χ0) is 8.15. The molecule has 0 heterocycles. The molecule has 10 heavy (non-hydrogen) atoms. The maximum Gasteiger partial charge on any atom is 0.232 e. The van der Waals surface area contributed by atoms with Crippen LogP contribution in [0.2, 0.25) is 0 Å². The highest BCUT2D eigenvalue weighted by Gasteiger charge is 2.16. The van der Waals surface area contributed by atoms with Gasteiger partial charge in [-0.2, -0.15) is 0 Å². The van der Waals surface area contributed by atoms with Gasteiger partial charge in [0, 0.05) is 6.54 Å². The number of nitrogens with two attached hydrogens (primary N) is 1. The minimum atomic E-state index is -0.722. The second-order valence-electron chi connectivity index (χ2n) is 2.02. The number of amides is 2. The molecule has 4 nitrogen and oxygen atoms in total. The Labute approximate surface area is 59.8 Å². The van der Waals surface area contributed by atoms with Gasteiger partial charge in [0.25, 0.3) is 0 Å². The Morgan fingerprint density at radius 1 is 1.60 bits per heavy atom. The van der Waals surface area contributed by atoms with Crippen LogP contribution < -0.4 is 11.1 Å².